The van der Waals surface area contributed by atoms with Crippen LogP contribution in [-0.2, 0) is 9.59 Å². The smallest absolute Gasteiger partial charge is 0.266 e. The van der Waals surface area contributed by atoms with Gasteiger partial charge in [-0.3, -0.25) is 14.5 Å². The Morgan fingerprint density at radius 1 is 1.10 bits per heavy atom. The van der Waals surface area contributed by atoms with Crippen molar-refractivity contribution >= 4 is 68.8 Å². The fraction of sp³-hybridized carbons (Fsp3) is 0.207. The van der Waals surface area contributed by atoms with Crippen molar-refractivity contribution in [3.63, 3.8) is 0 Å². The molecule has 1 aliphatic rings. The number of likely N-dealkylation sites (N-methyl/N-ethyl adjacent to an activating group) is 1. The lowest BCUT2D eigenvalue weighted by Crippen LogP contribution is -2.28. The summed E-state index contributed by atoms with van der Waals surface area (Å²) in [6.45, 7) is 4.34. The van der Waals surface area contributed by atoms with Gasteiger partial charge in [-0.1, -0.05) is 0 Å². The molecule has 0 unspecified atom stereocenters. The van der Waals surface area contributed by atoms with Crippen LogP contribution in [-0.4, -0.2) is 48.8 Å². The van der Waals surface area contributed by atoms with Gasteiger partial charge in [0.1, 0.15) is 11.6 Å². The molecule has 1 saturated heterocycles. The number of amidine groups is 1. The highest BCUT2D eigenvalue weighted by molar-refractivity contribution is 14.1. The topological polar surface area (TPSA) is 89.5 Å². The predicted octanol–water partition coefficient (Wildman–Crippen LogP) is 6.48. The first-order chi connectivity index (χ1) is 19.3. The number of anilines is 1. The molecule has 40 heavy (non-hydrogen) atoms. The summed E-state index contributed by atoms with van der Waals surface area (Å²) in [5, 5.41) is 3.26. The first kappa shape index (κ1) is 29.4. The van der Waals surface area contributed by atoms with Crippen LogP contribution in [0, 0.1) is 9.39 Å². The van der Waals surface area contributed by atoms with Crippen molar-refractivity contribution in [2.75, 3.05) is 32.2 Å². The van der Waals surface area contributed by atoms with Crippen LogP contribution in [0.3, 0.4) is 0 Å². The van der Waals surface area contributed by atoms with Crippen molar-refractivity contribution in [1.82, 2.24) is 4.90 Å². The van der Waals surface area contributed by atoms with E-state index in [4.69, 9.17) is 14.2 Å². The zero-order valence-corrected chi connectivity index (χ0v) is 25.0. The minimum absolute atomic E-state index is 0.134. The number of carbonyl (C=O) groups excluding carboxylic acids is 2. The van der Waals surface area contributed by atoms with Crippen LogP contribution in [0.25, 0.3) is 6.08 Å². The molecule has 3 aromatic carbocycles. The summed E-state index contributed by atoms with van der Waals surface area (Å²) in [4.78, 5) is 32.4. The van der Waals surface area contributed by atoms with Crippen molar-refractivity contribution in [3.8, 4) is 17.2 Å². The zero-order chi connectivity index (χ0) is 28.6. The van der Waals surface area contributed by atoms with E-state index in [0.717, 1.165) is 11.3 Å². The summed E-state index contributed by atoms with van der Waals surface area (Å²) >= 11 is 3.41. The summed E-state index contributed by atoms with van der Waals surface area (Å²) in [7, 11) is 1.60. The molecule has 3 aromatic rings. The van der Waals surface area contributed by atoms with E-state index in [1.54, 1.807) is 24.2 Å². The average Bonchev–Trinajstić information content (AvgIpc) is 3.23. The molecule has 0 aliphatic carbocycles. The van der Waals surface area contributed by atoms with E-state index in [0.29, 0.717) is 49.7 Å². The molecular formula is C29H27FIN3O5S. The summed E-state index contributed by atoms with van der Waals surface area (Å²) in [5.74, 6) is 0.679. The molecule has 1 heterocycles. The van der Waals surface area contributed by atoms with E-state index in [1.165, 1.54) is 36.0 Å². The van der Waals surface area contributed by atoms with Crippen molar-refractivity contribution in [2.24, 2.45) is 4.99 Å². The normalized spacial score (nSPS) is 15.0. The van der Waals surface area contributed by atoms with Crippen molar-refractivity contribution in [3.05, 3.63) is 80.5 Å². The van der Waals surface area contributed by atoms with E-state index in [-0.39, 0.29) is 18.3 Å². The first-order valence-electron chi connectivity index (χ1n) is 12.4. The quantitative estimate of drug-likeness (QED) is 0.196. The molecule has 0 saturated carbocycles. The lowest BCUT2D eigenvalue weighted by atomic mass is 10.2. The van der Waals surface area contributed by atoms with Crippen LogP contribution in [0.1, 0.15) is 19.4 Å². The second kappa shape index (κ2) is 13.7. The highest BCUT2D eigenvalue weighted by Gasteiger charge is 2.32. The number of amides is 2. The number of nitrogens with zero attached hydrogens (tertiary/aromatic N) is 2. The molecule has 0 atom stereocenters. The van der Waals surface area contributed by atoms with Gasteiger partial charge in [0.25, 0.3) is 11.8 Å². The first-order valence-corrected chi connectivity index (χ1v) is 14.3. The highest BCUT2D eigenvalue weighted by Crippen LogP contribution is 2.38. The van der Waals surface area contributed by atoms with Gasteiger partial charge in [-0.05, 0) is 121 Å². The van der Waals surface area contributed by atoms with E-state index >= 15 is 0 Å². The molecular weight excluding hydrogens is 648 g/mol. The van der Waals surface area contributed by atoms with Gasteiger partial charge in [-0.2, -0.15) is 0 Å². The number of rotatable bonds is 10. The number of halogens is 2. The Kier molecular flexibility index (Phi) is 10.0. The van der Waals surface area contributed by atoms with Crippen LogP contribution in [0.15, 0.2) is 70.6 Å². The molecule has 0 bridgehead atoms. The van der Waals surface area contributed by atoms with Crippen LogP contribution in [0.5, 0.6) is 17.2 Å². The monoisotopic (exact) mass is 675 g/mol. The van der Waals surface area contributed by atoms with E-state index in [9.17, 15) is 14.0 Å². The molecule has 1 aliphatic heterocycles. The maximum Gasteiger partial charge on any atom is 0.266 e. The molecule has 208 valence electrons. The fourth-order valence-electron chi connectivity index (χ4n) is 3.73. The maximum absolute atomic E-state index is 13.2. The molecule has 1 N–H and O–H groups in total. The Labute approximate surface area is 249 Å². The Morgan fingerprint density at radius 3 is 2.48 bits per heavy atom. The maximum atomic E-state index is 13.2. The molecule has 2 amide bonds. The number of aliphatic imine (C=N–C) groups is 1. The van der Waals surface area contributed by atoms with Crippen molar-refractivity contribution < 1.29 is 28.2 Å². The average molecular weight is 676 g/mol. The molecule has 0 aromatic heterocycles. The molecule has 0 spiro atoms. The van der Waals surface area contributed by atoms with Crippen LogP contribution >= 0.6 is 34.4 Å². The standard InChI is InChI=1S/C29H27FIN3O5S/c1-4-34-28(36)25(40-29(34)33-21-10-12-22(37-3)13-11-21)16-18-14-23(31)27(24(15-18)38-5-2)39-17-26(35)32-20-8-6-19(30)7-9-20/h6-16H,4-5,17H2,1-3H3,(H,32,35)/b25-16+,33-29?. The largest absolute Gasteiger partial charge is 0.497 e. The van der Waals surface area contributed by atoms with Crippen LogP contribution in [0.4, 0.5) is 15.8 Å². The van der Waals surface area contributed by atoms with Gasteiger partial charge in [0, 0.05) is 12.2 Å². The number of benzene rings is 3. The second-order valence-electron chi connectivity index (χ2n) is 8.36. The summed E-state index contributed by atoms with van der Waals surface area (Å²) in [6.07, 6.45) is 1.79. The van der Waals surface area contributed by atoms with Gasteiger partial charge in [-0.15, -0.1) is 0 Å². The number of hydrogen-bond acceptors (Lipinski definition) is 7. The summed E-state index contributed by atoms with van der Waals surface area (Å²) in [6, 6.07) is 16.4. The predicted molar refractivity (Wildman–Crippen MR) is 164 cm³/mol. The number of carbonyl (C=O) groups is 2. The van der Waals surface area contributed by atoms with Gasteiger partial charge in [0.05, 0.1) is 27.9 Å². The Morgan fingerprint density at radius 2 is 1.82 bits per heavy atom. The third-order valence-corrected chi connectivity index (χ3v) is 7.41. The minimum Gasteiger partial charge on any atom is -0.497 e. The van der Waals surface area contributed by atoms with Gasteiger partial charge < -0.3 is 19.5 Å². The van der Waals surface area contributed by atoms with Crippen LogP contribution in [0.2, 0.25) is 0 Å². The number of methoxy groups -OCH3 is 1. The Bertz CT molecular complexity index is 1450. The van der Waals surface area contributed by atoms with E-state index < -0.39 is 5.91 Å². The Hall–Kier alpha value is -3.58. The van der Waals surface area contributed by atoms with Gasteiger partial charge in [0.2, 0.25) is 0 Å². The fourth-order valence-corrected chi connectivity index (χ4v) is 5.57. The number of ether oxygens (including phenoxy) is 3. The molecule has 8 nitrogen and oxygen atoms in total. The van der Waals surface area contributed by atoms with Crippen LogP contribution < -0.4 is 19.5 Å². The summed E-state index contributed by atoms with van der Waals surface area (Å²) < 4.78 is 30.6. The van der Waals surface area contributed by atoms with E-state index in [1.807, 2.05) is 44.2 Å². The van der Waals surface area contributed by atoms with Crippen molar-refractivity contribution in [1.29, 1.82) is 0 Å². The highest BCUT2D eigenvalue weighted by atomic mass is 127. The van der Waals surface area contributed by atoms with E-state index in [2.05, 4.69) is 32.9 Å². The SMILES string of the molecule is CCOc1cc(/C=C2/SC(=Nc3ccc(OC)cc3)N(CC)C2=O)cc(I)c1OCC(=O)Nc1ccc(F)cc1. The second-order valence-corrected chi connectivity index (χ2v) is 10.5. The molecule has 4 rings (SSSR count). The number of thioether (sulfide) groups is 1. The number of hydrogen-bond donors (Lipinski definition) is 1. The molecule has 0 radical (unpaired) electrons. The molecule has 11 heteroatoms. The van der Waals surface area contributed by atoms with Gasteiger partial charge >= 0.3 is 0 Å². The molecule has 1 fully saturated rings. The Balaban J connectivity index is 1.53. The van der Waals surface area contributed by atoms with Gasteiger partial charge in [0.15, 0.2) is 23.3 Å². The minimum atomic E-state index is -0.396. The third-order valence-electron chi connectivity index (χ3n) is 5.61. The number of nitrogens with one attached hydrogen (secondary N) is 1. The lowest BCUT2D eigenvalue weighted by Gasteiger charge is -2.15. The van der Waals surface area contributed by atoms with Gasteiger partial charge in [-0.25, -0.2) is 9.38 Å². The lowest BCUT2D eigenvalue weighted by molar-refractivity contribution is -0.122. The van der Waals surface area contributed by atoms with Crippen molar-refractivity contribution in [2.45, 2.75) is 13.8 Å². The zero-order valence-electron chi connectivity index (χ0n) is 22.1. The summed E-state index contributed by atoms with van der Waals surface area (Å²) in [5.41, 5.74) is 1.92. The third kappa shape index (κ3) is 7.33.